The highest BCUT2D eigenvalue weighted by Gasteiger charge is 2.27. The number of aliphatic hydroxyl groups is 1. The number of nitrogens with one attached hydrogen (secondary N) is 2. The van der Waals surface area contributed by atoms with Gasteiger partial charge in [0.1, 0.15) is 0 Å². The average molecular weight is 423 g/mol. The minimum absolute atomic E-state index is 0.00985. The first-order chi connectivity index (χ1) is 13.8. The van der Waals surface area contributed by atoms with Crippen molar-refractivity contribution in [3.63, 3.8) is 0 Å². The minimum Gasteiger partial charge on any atom is -0.505 e. The molecule has 2 aromatic rings. The monoisotopic (exact) mass is 422 g/mol. The van der Waals surface area contributed by atoms with Crippen molar-refractivity contribution in [2.24, 2.45) is 0 Å². The summed E-state index contributed by atoms with van der Waals surface area (Å²) in [5, 5.41) is 21.9. The van der Waals surface area contributed by atoms with Crippen LogP contribution in [0.2, 0.25) is 0 Å². The highest BCUT2D eigenvalue weighted by Crippen LogP contribution is 2.36. The highest BCUT2D eigenvalue weighted by atomic mass is 32.2. The van der Waals surface area contributed by atoms with Gasteiger partial charge in [0, 0.05) is 18.6 Å². The Bertz CT molecular complexity index is 934. The fraction of sp³-hybridized carbons (Fsp3) is 0.429. The number of hydrogen-bond donors (Lipinski definition) is 4. The van der Waals surface area contributed by atoms with Gasteiger partial charge in [-0.25, -0.2) is 17.5 Å². The summed E-state index contributed by atoms with van der Waals surface area (Å²) >= 11 is 0. The lowest BCUT2D eigenvalue weighted by atomic mass is 9.97. The van der Waals surface area contributed by atoms with Crippen molar-refractivity contribution in [1.29, 1.82) is 0 Å². The van der Waals surface area contributed by atoms with Gasteiger partial charge in [0.05, 0.1) is 11.5 Å². The fourth-order valence-corrected chi connectivity index (χ4v) is 4.89. The molecule has 1 aliphatic rings. The lowest BCUT2D eigenvalue weighted by Crippen LogP contribution is -2.29. The van der Waals surface area contributed by atoms with E-state index >= 15 is 0 Å². The standard InChI is InChI=1S/C21H27FN2O4S/c1-14(16-5-9-20(22)21(26)13-16)24-18-6-2-17(12-18)15-3-7-19(8-4-15)29(27,28)23-10-11-25/h3-5,7-9,13-14,17-18,23-26H,2,6,10-12H2,1H3. The van der Waals surface area contributed by atoms with Crippen LogP contribution in [0.4, 0.5) is 4.39 Å². The van der Waals surface area contributed by atoms with Crippen LogP contribution in [0.1, 0.15) is 49.3 Å². The van der Waals surface area contributed by atoms with Crippen molar-refractivity contribution in [1.82, 2.24) is 10.0 Å². The second-order valence-electron chi connectivity index (χ2n) is 7.50. The quantitative estimate of drug-likeness (QED) is 0.524. The molecule has 2 aromatic carbocycles. The molecule has 0 saturated heterocycles. The molecule has 1 fully saturated rings. The number of phenolic OH excluding ortho intramolecular Hbond substituents is 1. The Morgan fingerprint density at radius 1 is 1.17 bits per heavy atom. The molecule has 0 aliphatic heterocycles. The van der Waals surface area contributed by atoms with E-state index in [1.165, 1.54) is 12.1 Å². The van der Waals surface area contributed by atoms with Crippen LogP contribution in [-0.4, -0.2) is 37.8 Å². The second kappa shape index (κ2) is 9.21. The molecule has 29 heavy (non-hydrogen) atoms. The maximum absolute atomic E-state index is 13.2. The Kier molecular flexibility index (Phi) is 6.89. The normalized spacial score (nSPS) is 20.7. The lowest BCUT2D eigenvalue weighted by Gasteiger charge is -2.20. The largest absolute Gasteiger partial charge is 0.505 e. The Balaban J connectivity index is 1.59. The molecule has 3 rings (SSSR count). The van der Waals surface area contributed by atoms with Gasteiger partial charge in [-0.15, -0.1) is 0 Å². The predicted molar refractivity (Wildman–Crippen MR) is 109 cm³/mol. The maximum Gasteiger partial charge on any atom is 0.240 e. The van der Waals surface area contributed by atoms with Gasteiger partial charge in [-0.05, 0) is 67.5 Å². The van der Waals surface area contributed by atoms with Crippen molar-refractivity contribution >= 4 is 10.0 Å². The van der Waals surface area contributed by atoms with Crippen molar-refractivity contribution < 1.29 is 23.0 Å². The maximum atomic E-state index is 13.2. The topological polar surface area (TPSA) is 98.7 Å². The molecule has 6 nitrogen and oxygen atoms in total. The molecular formula is C21H27FN2O4S. The minimum atomic E-state index is -3.60. The van der Waals surface area contributed by atoms with Crippen molar-refractivity contribution in [2.75, 3.05) is 13.2 Å². The van der Waals surface area contributed by atoms with Crippen LogP contribution in [-0.2, 0) is 10.0 Å². The molecule has 8 heteroatoms. The van der Waals surface area contributed by atoms with Crippen LogP contribution >= 0.6 is 0 Å². The summed E-state index contributed by atoms with van der Waals surface area (Å²) in [6, 6.07) is 11.5. The first-order valence-corrected chi connectivity index (χ1v) is 11.2. The second-order valence-corrected chi connectivity index (χ2v) is 9.26. The summed E-state index contributed by atoms with van der Waals surface area (Å²) in [4.78, 5) is 0.187. The number of hydrogen-bond acceptors (Lipinski definition) is 5. The van der Waals surface area contributed by atoms with Crippen molar-refractivity contribution in [2.45, 2.75) is 49.1 Å². The molecule has 0 aromatic heterocycles. The number of aromatic hydroxyl groups is 1. The molecule has 1 aliphatic carbocycles. The summed E-state index contributed by atoms with van der Waals surface area (Å²) in [7, 11) is -3.60. The SMILES string of the molecule is CC(NC1CCC(c2ccc(S(=O)(=O)NCCO)cc2)C1)c1ccc(F)c(O)c1. The molecule has 158 valence electrons. The van der Waals surface area contributed by atoms with E-state index in [1.54, 1.807) is 18.2 Å². The van der Waals surface area contributed by atoms with Crippen LogP contribution in [0, 0.1) is 5.82 Å². The van der Waals surface area contributed by atoms with E-state index in [1.807, 2.05) is 19.1 Å². The number of phenols is 1. The van der Waals surface area contributed by atoms with E-state index in [-0.39, 0.29) is 35.9 Å². The molecule has 0 bridgehead atoms. The van der Waals surface area contributed by atoms with Crippen molar-refractivity contribution in [3.05, 3.63) is 59.4 Å². The Morgan fingerprint density at radius 2 is 1.90 bits per heavy atom. The molecule has 4 N–H and O–H groups in total. The molecule has 0 heterocycles. The van der Waals surface area contributed by atoms with E-state index in [4.69, 9.17) is 5.11 Å². The van der Waals surface area contributed by atoms with Gasteiger partial charge >= 0.3 is 0 Å². The predicted octanol–water partition coefficient (Wildman–Crippen LogP) is 2.79. The van der Waals surface area contributed by atoms with Gasteiger partial charge in [-0.3, -0.25) is 0 Å². The first kappa shape index (κ1) is 21.7. The van der Waals surface area contributed by atoms with Crippen molar-refractivity contribution in [3.8, 4) is 5.75 Å². The molecule has 0 spiro atoms. The molecule has 0 radical (unpaired) electrons. The van der Waals surface area contributed by atoms with Gasteiger partial charge in [0.25, 0.3) is 0 Å². The molecule has 3 atom stereocenters. The van der Waals surface area contributed by atoms with Gasteiger partial charge in [-0.2, -0.15) is 0 Å². The number of benzene rings is 2. The number of sulfonamides is 1. The summed E-state index contributed by atoms with van der Waals surface area (Å²) in [6.45, 7) is 1.73. The smallest absolute Gasteiger partial charge is 0.240 e. The van der Waals surface area contributed by atoms with E-state index in [0.29, 0.717) is 5.92 Å². The third-order valence-electron chi connectivity index (χ3n) is 5.45. The Labute approximate surface area is 170 Å². The molecule has 1 saturated carbocycles. The molecule has 3 unspecified atom stereocenters. The van der Waals surface area contributed by atoms with Crippen LogP contribution in [0.3, 0.4) is 0 Å². The average Bonchev–Trinajstić information content (AvgIpc) is 3.17. The third-order valence-corrected chi connectivity index (χ3v) is 6.93. The fourth-order valence-electron chi connectivity index (χ4n) is 3.87. The number of rotatable bonds is 8. The summed E-state index contributed by atoms with van der Waals surface area (Å²) < 4.78 is 39.8. The Morgan fingerprint density at radius 3 is 2.55 bits per heavy atom. The first-order valence-electron chi connectivity index (χ1n) is 9.75. The number of halogens is 1. The zero-order valence-electron chi connectivity index (χ0n) is 16.3. The molecule has 0 amide bonds. The lowest BCUT2D eigenvalue weighted by molar-refractivity contribution is 0.301. The zero-order chi connectivity index (χ0) is 21.0. The summed E-state index contributed by atoms with van der Waals surface area (Å²) in [5.74, 6) is -0.633. The van der Waals surface area contributed by atoms with E-state index in [2.05, 4.69) is 10.0 Å². The van der Waals surface area contributed by atoms with Gasteiger partial charge < -0.3 is 15.5 Å². The summed E-state index contributed by atoms with van der Waals surface area (Å²) in [6.07, 6.45) is 2.90. The molecular weight excluding hydrogens is 395 g/mol. The van der Waals surface area contributed by atoms with E-state index in [0.717, 1.165) is 30.4 Å². The zero-order valence-corrected chi connectivity index (χ0v) is 17.1. The van der Waals surface area contributed by atoms with E-state index < -0.39 is 15.8 Å². The van der Waals surface area contributed by atoms with Gasteiger partial charge in [0.2, 0.25) is 10.0 Å². The highest BCUT2D eigenvalue weighted by molar-refractivity contribution is 7.89. The van der Waals surface area contributed by atoms with Gasteiger partial charge in [-0.1, -0.05) is 18.2 Å². The Hall–Kier alpha value is -2.00. The van der Waals surface area contributed by atoms with Crippen LogP contribution < -0.4 is 10.0 Å². The van der Waals surface area contributed by atoms with E-state index in [9.17, 15) is 17.9 Å². The third kappa shape index (κ3) is 5.33. The van der Waals surface area contributed by atoms with Crippen LogP contribution in [0.15, 0.2) is 47.4 Å². The van der Waals surface area contributed by atoms with Crippen LogP contribution in [0.5, 0.6) is 5.75 Å². The van der Waals surface area contributed by atoms with Gasteiger partial charge in [0.15, 0.2) is 11.6 Å². The number of aliphatic hydroxyl groups excluding tert-OH is 1. The van der Waals surface area contributed by atoms with Crippen LogP contribution in [0.25, 0.3) is 0 Å². The summed E-state index contributed by atoms with van der Waals surface area (Å²) in [5.41, 5.74) is 1.93.